The van der Waals surface area contributed by atoms with Gasteiger partial charge in [-0.05, 0) is 45.2 Å². The van der Waals surface area contributed by atoms with Crippen LogP contribution in [0, 0.1) is 0 Å². The van der Waals surface area contributed by atoms with Crippen LogP contribution in [0.15, 0.2) is 24.3 Å². The molecule has 0 atom stereocenters. The van der Waals surface area contributed by atoms with E-state index in [1.165, 1.54) is 5.56 Å². The monoisotopic (exact) mass is 226 g/mol. The number of hydrogen-bond donors (Lipinski definition) is 1. The van der Waals surface area contributed by atoms with E-state index in [0.29, 0.717) is 0 Å². The van der Waals surface area contributed by atoms with Gasteiger partial charge in [0, 0.05) is 11.6 Å². The van der Waals surface area contributed by atoms with Gasteiger partial charge in [0.1, 0.15) is 0 Å². The Morgan fingerprint density at radius 1 is 1.27 bits per heavy atom. The van der Waals surface area contributed by atoms with Crippen molar-refractivity contribution in [2.24, 2.45) is 0 Å². The van der Waals surface area contributed by atoms with Gasteiger partial charge in [0.05, 0.1) is 0 Å². The summed E-state index contributed by atoms with van der Waals surface area (Å²) in [6.45, 7) is 3.01. The molecule has 0 fully saturated rings. The third kappa shape index (κ3) is 5.17. The van der Waals surface area contributed by atoms with E-state index in [4.69, 9.17) is 11.6 Å². The lowest BCUT2D eigenvalue weighted by molar-refractivity contribution is 0.394. The van der Waals surface area contributed by atoms with Crippen molar-refractivity contribution in [1.82, 2.24) is 10.2 Å². The van der Waals surface area contributed by atoms with Crippen molar-refractivity contribution < 1.29 is 0 Å². The summed E-state index contributed by atoms with van der Waals surface area (Å²) in [6, 6.07) is 7.96. The molecule has 1 N–H and O–H groups in total. The zero-order valence-corrected chi connectivity index (χ0v) is 10.2. The van der Waals surface area contributed by atoms with E-state index in [-0.39, 0.29) is 0 Å². The predicted molar refractivity (Wildman–Crippen MR) is 66.3 cm³/mol. The molecule has 0 aromatic heterocycles. The summed E-state index contributed by atoms with van der Waals surface area (Å²) in [4.78, 5) is 2.19. The Morgan fingerprint density at radius 2 is 2.00 bits per heavy atom. The highest BCUT2D eigenvalue weighted by molar-refractivity contribution is 6.31. The summed E-state index contributed by atoms with van der Waals surface area (Å²) in [6.07, 6.45) is 1.16. The largest absolute Gasteiger partial charge is 0.313 e. The van der Waals surface area contributed by atoms with E-state index < -0.39 is 0 Å². The van der Waals surface area contributed by atoms with E-state index in [1.54, 1.807) is 0 Å². The molecule has 0 heterocycles. The lowest BCUT2D eigenvalue weighted by Gasteiger charge is -2.10. The molecule has 0 bridgehead atoms. The highest BCUT2D eigenvalue weighted by atomic mass is 35.5. The molecule has 1 aromatic rings. The lowest BCUT2D eigenvalue weighted by atomic mass is 10.2. The Bertz CT molecular complexity index is 287. The molecule has 84 valence electrons. The number of rotatable bonds is 6. The van der Waals surface area contributed by atoms with Crippen molar-refractivity contribution in [1.29, 1.82) is 0 Å². The van der Waals surface area contributed by atoms with Crippen LogP contribution in [-0.2, 0) is 6.54 Å². The van der Waals surface area contributed by atoms with Gasteiger partial charge in [-0.25, -0.2) is 0 Å². The number of nitrogens with one attached hydrogen (secondary N) is 1. The molecule has 15 heavy (non-hydrogen) atoms. The Balaban J connectivity index is 2.18. The molecule has 0 amide bonds. The van der Waals surface area contributed by atoms with Gasteiger partial charge >= 0.3 is 0 Å². The molecule has 1 aromatic carbocycles. The van der Waals surface area contributed by atoms with Crippen LogP contribution in [0.5, 0.6) is 0 Å². The second-order valence-electron chi connectivity index (χ2n) is 3.93. The minimum Gasteiger partial charge on any atom is -0.313 e. The molecule has 0 unspecified atom stereocenters. The summed E-state index contributed by atoms with van der Waals surface area (Å²) in [7, 11) is 4.18. The zero-order valence-electron chi connectivity index (χ0n) is 9.46. The Labute approximate surface area is 97.2 Å². The molecule has 0 aliphatic heterocycles. The first-order valence-electron chi connectivity index (χ1n) is 5.29. The summed E-state index contributed by atoms with van der Waals surface area (Å²) in [5.41, 5.74) is 1.17. The predicted octanol–water partition coefficient (Wildman–Crippen LogP) is 2.38. The van der Waals surface area contributed by atoms with Gasteiger partial charge < -0.3 is 10.2 Å². The molecule has 3 heteroatoms. The number of halogens is 1. The summed E-state index contributed by atoms with van der Waals surface area (Å²) in [5, 5.41) is 4.23. The standard InChI is InChI=1S/C12H19ClN2/c1-15(2)9-5-8-14-10-11-6-3-4-7-12(11)13/h3-4,6-7,14H,5,8-10H2,1-2H3. The average Bonchev–Trinajstić information content (AvgIpc) is 2.20. The second-order valence-corrected chi connectivity index (χ2v) is 4.33. The summed E-state index contributed by atoms with van der Waals surface area (Å²) < 4.78 is 0. The van der Waals surface area contributed by atoms with E-state index in [1.807, 2.05) is 18.2 Å². The Kier molecular flexibility index (Phi) is 5.69. The maximum Gasteiger partial charge on any atom is 0.0450 e. The van der Waals surface area contributed by atoms with Crippen molar-refractivity contribution in [2.75, 3.05) is 27.2 Å². The first-order chi connectivity index (χ1) is 7.20. The quantitative estimate of drug-likeness (QED) is 0.750. The zero-order chi connectivity index (χ0) is 11.1. The van der Waals surface area contributed by atoms with Gasteiger partial charge in [-0.3, -0.25) is 0 Å². The van der Waals surface area contributed by atoms with Crippen molar-refractivity contribution in [3.8, 4) is 0 Å². The van der Waals surface area contributed by atoms with Crippen LogP contribution in [0.2, 0.25) is 5.02 Å². The van der Waals surface area contributed by atoms with Crippen LogP contribution >= 0.6 is 11.6 Å². The summed E-state index contributed by atoms with van der Waals surface area (Å²) >= 11 is 6.04. The molecule has 0 radical (unpaired) electrons. The third-order valence-corrected chi connectivity index (χ3v) is 2.60. The van der Waals surface area contributed by atoms with Crippen molar-refractivity contribution in [2.45, 2.75) is 13.0 Å². The molecule has 2 nitrogen and oxygen atoms in total. The number of hydrogen-bond acceptors (Lipinski definition) is 2. The molecular formula is C12H19ClN2. The average molecular weight is 227 g/mol. The SMILES string of the molecule is CN(C)CCCNCc1ccccc1Cl. The van der Waals surface area contributed by atoms with Crippen molar-refractivity contribution >= 4 is 11.6 Å². The van der Waals surface area contributed by atoms with Crippen molar-refractivity contribution in [3.63, 3.8) is 0 Å². The van der Waals surface area contributed by atoms with Crippen molar-refractivity contribution in [3.05, 3.63) is 34.9 Å². The minimum atomic E-state index is 0.845. The van der Waals surface area contributed by atoms with Gasteiger partial charge in [0.15, 0.2) is 0 Å². The molecule has 1 rings (SSSR count). The van der Waals surface area contributed by atoms with Crippen LogP contribution in [-0.4, -0.2) is 32.1 Å². The fourth-order valence-electron chi connectivity index (χ4n) is 1.39. The van der Waals surface area contributed by atoms with E-state index in [2.05, 4.69) is 30.4 Å². The van der Waals surface area contributed by atoms with Crippen LogP contribution < -0.4 is 5.32 Å². The fourth-order valence-corrected chi connectivity index (χ4v) is 1.59. The number of nitrogens with zero attached hydrogens (tertiary/aromatic N) is 1. The van der Waals surface area contributed by atoms with E-state index >= 15 is 0 Å². The highest BCUT2D eigenvalue weighted by Crippen LogP contribution is 2.13. The highest BCUT2D eigenvalue weighted by Gasteiger charge is 1.97. The van der Waals surface area contributed by atoms with Gasteiger partial charge in [-0.15, -0.1) is 0 Å². The smallest absolute Gasteiger partial charge is 0.0450 e. The lowest BCUT2D eigenvalue weighted by Crippen LogP contribution is -2.21. The maximum atomic E-state index is 6.04. The normalized spacial score (nSPS) is 10.9. The number of benzene rings is 1. The molecule has 0 saturated heterocycles. The van der Waals surface area contributed by atoms with E-state index in [0.717, 1.165) is 31.1 Å². The van der Waals surface area contributed by atoms with E-state index in [9.17, 15) is 0 Å². The first-order valence-corrected chi connectivity index (χ1v) is 5.67. The Morgan fingerprint density at radius 3 is 2.67 bits per heavy atom. The topological polar surface area (TPSA) is 15.3 Å². The molecule has 0 saturated carbocycles. The second kappa shape index (κ2) is 6.83. The first kappa shape index (κ1) is 12.5. The van der Waals surface area contributed by atoms with Crippen LogP contribution in [0.3, 0.4) is 0 Å². The van der Waals surface area contributed by atoms with Gasteiger partial charge in [-0.2, -0.15) is 0 Å². The third-order valence-electron chi connectivity index (χ3n) is 2.23. The molecule has 0 aliphatic rings. The van der Waals surface area contributed by atoms with Gasteiger partial charge in [0.25, 0.3) is 0 Å². The minimum absolute atomic E-state index is 0.845. The molecule has 0 aliphatic carbocycles. The Hall–Kier alpha value is -0.570. The fraction of sp³-hybridized carbons (Fsp3) is 0.500. The molecule has 0 spiro atoms. The van der Waals surface area contributed by atoms with Crippen LogP contribution in [0.25, 0.3) is 0 Å². The van der Waals surface area contributed by atoms with Crippen LogP contribution in [0.1, 0.15) is 12.0 Å². The molecular weight excluding hydrogens is 208 g/mol. The maximum absolute atomic E-state index is 6.04. The van der Waals surface area contributed by atoms with Gasteiger partial charge in [0.2, 0.25) is 0 Å². The van der Waals surface area contributed by atoms with Crippen LogP contribution in [0.4, 0.5) is 0 Å². The summed E-state index contributed by atoms with van der Waals surface area (Å²) in [5.74, 6) is 0. The van der Waals surface area contributed by atoms with Gasteiger partial charge in [-0.1, -0.05) is 29.8 Å².